The lowest BCUT2D eigenvalue weighted by molar-refractivity contribution is 0.112. The van der Waals surface area contributed by atoms with Crippen molar-refractivity contribution in [3.8, 4) is 0 Å². The van der Waals surface area contributed by atoms with E-state index in [2.05, 4.69) is 0 Å². The molecule has 1 saturated heterocycles. The van der Waals surface area contributed by atoms with E-state index in [1.165, 1.54) is 0 Å². The van der Waals surface area contributed by atoms with Crippen molar-refractivity contribution in [3.63, 3.8) is 0 Å². The van der Waals surface area contributed by atoms with Gasteiger partial charge in [0.15, 0.2) is 6.29 Å². The minimum absolute atomic E-state index is 0.181. The third kappa shape index (κ3) is 1.36. The Labute approximate surface area is 75.1 Å². The van der Waals surface area contributed by atoms with E-state index in [1.807, 2.05) is 6.07 Å². The molecule has 1 atom stereocenters. The van der Waals surface area contributed by atoms with Gasteiger partial charge in [-0.2, -0.15) is 0 Å². The lowest BCUT2D eigenvalue weighted by Crippen LogP contribution is -1.86. The molecular formula is C9H7ClO2. The second-order valence-corrected chi connectivity index (χ2v) is 3.13. The van der Waals surface area contributed by atoms with Gasteiger partial charge in [-0.25, -0.2) is 0 Å². The van der Waals surface area contributed by atoms with Gasteiger partial charge < -0.3 is 4.74 Å². The predicted molar refractivity (Wildman–Crippen MR) is 45.5 cm³/mol. The average Bonchev–Trinajstić information content (AvgIpc) is 2.88. The van der Waals surface area contributed by atoms with Crippen molar-refractivity contribution in [2.24, 2.45) is 0 Å². The second kappa shape index (κ2) is 2.88. The minimum atomic E-state index is 0.181. The Bertz CT molecular complexity index is 318. The summed E-state index contributed by atoms with van der Waals surface area (Å²) < 4.78 is 5.07. The highest BCUT2D eigenvalue weighted by Gasteiger charge is 2.24. The third-order valence-corrected chi connectivity index (χ3v) is 2.20. The van der Waals surface area contributed by atoms with Gasteiger partial charge in [-0.1, -0.05) is 17.7 Å². The smallest absolute Gasteiger partial charge is 0.151 e. The third-order valence-electron chi connectivity index (χ3n) is 1.85. The summed E-state index contributed by atoms with van der Waals surface area (Å²) >= 11 is 5.75. The van der Waals surface area contributed by atoms with Crippen LogP contribution in [0.25, 0.3) is 0 Å². The van der Waals surface area contributed by atoms with Crippen LogP contribution in [0.4, 0.5) is 0 Å². The fourth-order valence-electron chi connectivity index (χ4n) is 1.09. The maximum Gasteiger partial charge on any atom is 0.151 e. The summed E-state index contributed by atoms with van der Waals surface area (Å²) in [5, 5.41) is 0.495. The number of ether oxygens (including phenoxy) is 1. The van der Waals surface area contributed by atoms with E-state index < -0.39 is 0 Å². The van der Waals surface area contributed by atoms with Gasteiger partial charge in [0, 0.05) is 5.56 Å². The van der Waals surface area contributed by atoms with Gasteiger partial charge in [-0.15, -0.1) is 0 Å². The molecule has 0 N–H and O–H groups in total. The molecule has 2 rings (SSSR count). The molecule has 62 valence electrons. The topological polar surface area (TPSA) is 29.6 Å². The summed E-state index contributed by atoms with van der Waals surface area (Å²) in [5.74, 6) is 0. The zero-order valence-corrected chi connectivity index (χ0v) is 7.04. The maximum atomic E-state index is 10.5. The fraction of sp³-hybridized carbons (Fsp3) is 0.222. The number of hydrogen-bond donors (Lipinski definition) is 0. The number of aldehydes is 1. The highest BCUT2D eigenvalue weighted by molar-refractivity contribution is 6.32. The van der Waals surface area contributed by atoms with Crippen molar-refractivity contribution in [2.75, 3.05) is 6.61 Å². The van der Waals surface area contributed by atoms with E-state index in [1.54, 1.807) is 12.1 Å². The minimum Gasteiger partial charge on any atom is -0.368 e. The molecule has 2 nitrogen and oxygen atoms in total. The molecule has 0 amide bonds. The second-order valence-electron chi connectivity index (χ2n) is 2.72. The Morgan fingerprint density at radius 2 is 2.33 bits per heavy atom. The van der Waals surface area contributed by atoms with Crippen molar-refractivity contribution in [2.45, 2.75) is 6.10 Å². The van der Waals surface area contributed by atoms with Crippen LogP contribution in [0.1, 0.15) is 22.0 Å². The first-order valence-electron chi connectivity index (χ1n) is 3.67. The number of benzene rings is 1. The summed E-state index contributed by atoms with van der Waals surface area (Å²) in [6.07, 6.45) is 0.940. The van der Waals surface area contributed by atoms with Crippen LogP contribution >= 0.6 is 11.6 Å². The Kier molecular flexibility index (Phi) is 1.87. The molecule has 1 heterocycles. The van der Waals surface area contributed by atoms with E-state index in [4.69, 9.17) is 16.3 Å². The number of carbonyl (C=O) groups is 1. The molecule has 1 aliphatic heterocycles. The zero-order valence-electron chi connectivity index (χ0n) is 6.29. The zero-order chi connectivity index (χ0) is 8.55. The van der Waals surface area contributed by atoms with E-state index >= 15 is 0 Å². The number of epoxide rings is 1. The van der Waals surface area contributed by atoms with Crippen molar-refractivity contribution >= 4 is 17.9 Å². The van der Waals surface area contributed by atoms with Crippen LogP contribution in [0.2, 0.25) is 5.02 Å². The SMILES string of the molecule is O=Cc1cc(C2CO2)ccc1Cl. The van der Waals surface area contributed by atoms with Crippen molar-refractivity contribution in [3.05, 3.63) is 34.3 Å². The molecular weight excluding hydrogens is 176 g/mol. The molecule has 0 radical (unpaired) electrons. The van der Waals surface area contributed by atoms with Crippen molar-refractivity contribution < 1.29 is 9.53 Å². The van der Waals surface area contributed by atoms with Gasteiger partial charge in [0.25, 0.3) is 0 Å². The molecule has 0 aromatic heterocycles. The van der Waals surface area contributed by atoms with Crippen LogP contribution in [0.3, 0.4) is 0 Å². The highest BCUT2D eigenvalue weighted by atomic mass is 35.5. The van der Waals surface area contributed by atoms with Gasteiger partial charge in [0.1, 0.15) is 6.10 Å². The summed E-state index contributed by atoms with van der Waals surface area (Å²) in [4.78, 5) is 10.5. The Morgan fingerprint density at radius 1 is 1.58 bits per heavy atom. The summed E-state index contributed by atoms with van der Waals surface area (Å²) in [6, 6.07) is 5.38. The standard InChI is InChI=1S/C9H7ClO2/c10-8-2-1-6(9-5-12-9)3-7(8)4-11/h1-4,9H,5H2. The van der Waals surface area contributed by atoms with Crippen molar-refractivity contribution in [1.82, 2.24) is 0 Å². The number of hydrogen-bond acceptors (Lipinski definition) is 2. The Morgan fingerprint density at radius 3 is 2.92 bits per heavy atom. The molecule has 0 aliphatic carbocycles. The maximum absolute atomic E-state index is 10.5. The molecule has 1 aromatic carbocycles. The molecule has 12 heavy (non-hydrogen) atoms. The molecule has 0 spiro atoms. The molecule has 1 unspecified atom stereocenters. The van der Waals surface area contributed by atoms with Gasteiger partial charge in [0.05, 0.1) is 11.6 Å². The Balaban J connectivity index is 2.39. The van der Waals surface area contributed by atoms with E-state index in [9.17, 15) is 4.79 Å². The van der Waals surface area contributed by atoms with Crippen LogP contribution in [-0.2, 0) is 4.74 Å². The summed E-state index contributed by atoms with van der Waals surface area (Å²) in [5.41, 5.74) is 1.56. The molecule has 1 fully saturated rings. The van der Waals surface area contributed by atoms with Crippen LogP contribution < -0.4 is 0 Å². The average molecular weight is 183 g/mol. The van der Waals surface area contributed by atoms with Crippen LogP contribution in [0.15, 0.2) is 18.2 Å². The normalized spacial score (nSPS) is 20.6. The van der Waals surface area contributed by atoms with Crippen LogP contribution in [0, 0.1) is 0 Å². The van der Waals surface area contributed by atoms with Crippen LogP contribution in [0.5, 0.6) is 0 Å². The van der Waals surface area contributed by atoms with E-state index in [0.29, 0.717) is 10.6 Å². The van der Waals surface area contributed by atoms with Gasteiger partial charge in [0.2, 0.25) is 0 Å². The summed E-state index contributed by atoms with van der Waals surface area (Å²) in [7, 11) is 0. The lowest BCUT2D eigenvalue weighted by atomic mass is 10.1. The monoisotopic (exact) mass is 182 g/mol. The van der Waals surface area contributed by atoms with E-state index in [-0.39, 0.29) is 6.10 Å². The fourth-order valence-corrected chi connectivity index (χ4v) is 1.26. The number of rotatable bonds is 2. The Hall–Kier alpha value is -0.860. The molecule has 1 aliphatic rings. The predicted octanol–water partition coefficient (Wildman–Crippen LogP) is 2.22. The largest absolute Gasteiger partial charge is 0.368 e. The molecule has 1 aromatic rings. The highest BCUT2D eigenvalue weighted by Crippen LogP contribution is 2.31. The first-order valence-corrected chi connectivity index (χ1v) is 4.05. The van der Waals surface area contributed by atoms with E-state index in [0.717, 1.165) is 18.5 Å². The van der Waals surface area contributed by atoms with Crippen molar-refractivity contribution in [1.29, 1.82) is 0 Å². The van der Waals surface area contributed by atoms with Gasteiger partial charge in [-0.05, 0) is 17.7 Å². The molecule has 0 saturated carbocycles. The molecule has 3 heteroatoms. The number of halogens is 1. The quantitative estimate of drug-likeness (QED) is 0.519. The molecule has 0 bridgehead atoms. The first-order chi connectivity index (χ1) is 5.81. The van der Waals surface area contributed by atoms with Gasteiger partial charge >= 0.3 is 0 Å². The number of carbonyl (C=O) groups excluding carboxylic acids is 1. The van der Waals surface area contributed by atoms with Gasteiger partial charge in [-0.3, -0.25) is 4.79 Å². The summed E-state index contributed by atoms with van der Waals surface area (Å²) in [6.45, 7) is 0.750. The first kappa shape index (κ1) is 7.77. The lowest BCUT2D eigenvalue weighted by Gasteiger charge is -1.98. The van der Waals surface area contributed by atoms with Crippen LogP contribution in [-0.4, -0.2) is 12.9 Å².